The summed E-state index contributed by atoms with van der Waals surface area (Å²) in [5.41, 5.74) is 1.44. The maximum absolute atomic E-state index is 12.4. The van der Waals surface area contributed by atoms with Crippen LogP contribution in [0.25, 0.3) is 0 Å². The van der Waals surface area contributed by atoms with Crippen molar-refractivity contribution in [2.75, 3.05) is 0 Å². The van der Waals surface area contributed by atoms with E-state index < -0.39 is 16.0 Å². The van der Waals surface area contributed by atoms with E-state index >= 15 is 0 Å². The van der Waals surface area contributed by atoms with Crippen LogP contribution in [0.1, 0.15) is 33.0 Å². The third-order valence-electron chi connectivity index (χ3n) is 3.40. The Kier molecular flexibility index (Phi) is 4.39. The fourth-order valence-corrected chi connectivity index (χ4v) is 3.70. The first kappa shape index (κ1) is 16.3. The summed E-state index contributed by atoms with van der Waals surface area (Å²) in [5, 5.41) is 9.20. The van der Waals surface area contributed by atoms with E-state index in [0.717, 1.165) is 11.1 Å². The molecule has 7 heteroatoms. The molecule has 0 aliphatic rings. The Hall–Kier alpha value is -2.12. The molecule has 0 aliphatic carbocycles. The van der Waals surface area contributed by atoms with Crippen LogP contribution in [-0.2, 0) is 16.6 Å². The van der Waals surface area contributed by atoms with Gasteiger partial charge in [-0.3, -0.25) is 0 Å². The van der Waals surface area contributed by atoms with Crippen molar-refractivity contribution in [2.24, 2.45) is 0 Å². The lowest BCUT2D eigenvalue weighted by atomic mass is 10.1. The predicted molar refractivity (Wildman–Crippen MR) is 80.3 cm³/mol. The molecule has 0 fully saturated rings. The largest absolute Gasteiger partial charge is 0.478 e. The van der Waals surface area contributed by atoms with Crippen molar-refractivity contribution in [3.63, 3.8) is 0 Å². The third kappa shape index (κ3) is 3.05. The zero-order chi connectivity index (χ0) is 16.5. The fraction of sp³-hybridized carbons (Fsp3) is 0.267. The Morgan fingerprint density at radius 2 is 1.82 bits per heavy atom. The van der Waals surface area contributed by atoms with Gasteiger partial charge in [-0.25, -0.2) is 17.9 Å². The average Bonchev–Trinajstić information content (AvgIpc) is 2.73. The molecule has 0 amide bonds. The van der Waals surface area contributed by atoms with Crippen LogP contribution in [-0.4, -0.2) is 19.5 Å². The number of aryl methyl sites for hydroxylation is 3. The molecular formula is C15H17NO5S. The fourth-order valence-electron chi connectivity index (χ4n) is 2.29. The number of benzene rings is 1. The van der Waals surface area contributed by atoms with Gasteiger partial charge in [0.15, 0.2) is 0 Å². The minimum absolute atomic E-state index is 0.0622. The lowest BCUT2D eigenvalue weighted by molar-refractivity contribution is 0.0691. The minimum atomic E-state index is -3.99. The molecule has 2 N–H and O–H groups in total. The summed E-state index contributed by atoms with van der Waals surface area (Å²) in [6, 6.07) is 7.36. The minimum Gasteiger partial charge on any atom is -0.478 e. The van der Waals surface area contributed by atoms with E-state index in [0.29, 0.717) is 0 Å². The number of nitrogens with one attached hydrogen (secondary N) is 1. The normalized spacial score (nSPS) is 11.6. The van der Waals surface area contributed by atoms with Crippen LogP contribution in [0.3, 0.4) is 0 Å². The van der Waals surface area contributed by atoms with Crippen LogP contribution in [0.4, 0.5) is 0 Å². The Balaban J connectivity index is 2.36. The zero-order valence-electron chi connectivity index (χ0n) is 12.5. The van der Waals surface area contributed by atoms with Gasteiger partial charge in [-0.1, -0.05) is 24.3 Å². The van der Waals surface area contributed by atoms with Gasteiger partial charge >= 0.3 is 5.97 Å². The van der Waals surface area contributed by atoms with Crippen molar-refractivity contribution in [1.29, 1.82) is 0 Å². The number of carboxylic acid groups (broad SMARTS) is 1. The molecule has 2 rings (SSSR count). The second-order valence-corrected chi connectivity index (χ2v) is 6.68. The van der Waals surface area contributed by atoms with E-state index in [2.05, 4.69) is 4.72 Å². The number of carbonyl (C=O) groups is 1. The molecule has 1 aromatic heterocycles. The Bertz CT molecular complexity index is 820. The van der Waals surface area contributed by atoms with Gasteiger partial charge in [0.1, 0.15) is 22.0 Å². The van der Waals surface area contributed by atoms with Crippen molar-refractivity contribution in [3.8, 4) is 0 Å². The van der Waals surface area contributed by atoms with Crippen LogP contribution in [0, 0.1) is 20.8 Å². The summed E-state index contributed by atoms with van der Waals surface area (Å²) >= 11 is 0. The first-order chi connectivity index (χ1) is 10.2. The Morgan fingerprint density at radius 1 is 1.18 bits per heavy atom. The van der Waals surface area contributed by atoms with Crippen LogP contribution in [0.15, 0.2) is 33.6 Å². The van der Waals surface area contributed by atoms with Crippen molar-refractivity contribution < 1.29 is 22.7 Å². The van der Waals surface area contributed by atoms with Crippen molar-refractivity contribution in [2.45, 2.75) is 32.2 Å². The second kappa shape index (κ2) is 5.94. The second-order valence-electron chi connectivity index (χ2n) is 4.97. The van der Waals surface area contributed by atoms with Gasteiger partial charge in [0.2, 0.25) is 10.0 Å². The Labute approximate surface area is 128 Å². The van der Waals surface area contributed by atoms with E-state index in [-0.39, 0.29) is 28.5 Å². The van der Waals surface area contributed by atoms with E-state index in [1.807, 2.05) is 31.2 Å². The highest BCUT2D eigenvalue weighted by Gasteiger charge is 2.30. The molecule has 2 aromatic rings. The number of carboxylic acids is 1. The molecular weight excluding hydrogens is 306 g/mol. The number of rotatable bonds is 5. The molecule has 0 bridgehead atoms. The highest BCUT2D eigenvalue weighted by molar-refractivity contribution is 7.89. The lowest BCUT2D eigenvalue weighted by Crippen LogP contribution is -2.25. The van der Waals surface area contributed by atoms with Crippen LogP contribution in [0.2, 0.25) is 0 Å². The summed E-state index contributed by atoms with van der Waals surface area (Å²) in [7, 11) is -3.99. The number of furan rings is 1. The molecule has 1 heterocycles. The molecule has 0 unspecified atom stereocenters. The van der Waals surface area contributed by atoms with E-state index in [1.165, 1.54) is 13.8 Å². The molecule has 0 saturated heterocycles. The van der Waals surface area contributed by atoms with E-state index in [9.17, 15) is 18.3 Å². The molecule has 0 radical (unpaired) electrons. The van der Waals surface area contributed by atoms with Gasteiger partial charge in [0.05, 0.1) is 0 Å². The molecule has 6 nitrogen and oxygen atoms in total. The molecule has 22 heavy (non-hydrogen) atoms. The summed E-state index contributed by atoms with van der Waals surface area (Å²) in [6.45, 7) is 4.82. The van der Waals surface area contributed by atoms with Crippen LogP contribution in [0.5, 0.6) is 0 Å². The summed E-state index contributed by atoms with van der Waals surface area (Å²) < 4.78 is 32.5. The van der Waals surface area contributed by atoms with Gasteiger partial charge in [0.25, 0.3) is 0 Å². The van der Waals surface area contributed by atoms with Crippen molar-refractivity contribution >= 4 is 16.0 Å². The molecule has 0 spiro atoms. The zero-order valence-corrected chi connectivity index (χ0v) is 13.3. The third-order valence-corrected chi connectivity index (χ3v) is 4.95. The summed E-state index contributed by atoms with van der Waals surface area (Å²) in [4.78, 5) is 11.0. The first-order valence-electron chi connectivity index (χ1n) is 6.61. The van der Waals surface area contributed by atoms with E-state index in [1.54, 1.807) is 0 Å². The maximum Gasteiger partial charge on any atom is 0.340 e. The highest BCUT2D eigenvalue weighted by Crippen LogP contribution is 2.26. The summed E-state index contributed by atoms with van der Waals surface area (Å²) in [5.74, 6) is -1.20. The molecule has 0 atom stereocenters. The Morgan fingerprint density at radius 3 is 2.41 bits per heavy atom. The number of hydrogen-bond donors (Lipinski definition) is 2. The van der Waals surface area contributed by atoms with Gasteiger partial charge in [-0.15, -0.1) is 0 Å². The molecule has 0 aliphatic heterocycles. The summed E-state index contributed by atoms with van der Waals surface area (Å²) in [6.07, 6.45) is 0. The molecule has 118 valence electrons. The quantitative estimate of drug-likeness (QED) is 0.880. The van der Waals surface area contributed by atoms with Crippen LogP contribution >= 0.6 is 0 Å². The standard InChI is InChI=1S/C15H17NO5S/c1-9-6-4-5-7-12(9)8-16-22(19,20)14-11(3)21-10(2)13(14)15(17)18/h4-7,16H,8H2,1-3H3,(H,17,18). The smallest absolute Gasteiger partial charge is 0.340 e. The average molecular weight is 323 g/mol. The van der Waals surface area contributed by atoms with E-state index in [4.69, 9.17) is 4.42 Å². The van der Waals surface area contributed by atoms with Gasteiger partial charge in [-0.2, -0.15) is 0 Å². The topological polar surface area (TPSA) is 96.6 Å². The van der Waals surface area contributed by atoms with Crippen molar-refractivity contribution in [1.82, 2.24) is 4.72 Å². The van der Waals surface area contributed by atoms with Crippen LogP contribution < -0.4 is 4.72 Å². The van der Waals surface area contributed by atoms with Gasteiger partial charge in [-0.05, 0) is 31.9 Å². The first-order valence-corrected chi connectivity index (χ1v) is 8.10. The lowest BCUT2D eigenvalue weighted by Gasteiger charge is -2.09. The molecule has 1 aromatic carbocycles. The van der Waals surface area contributed by atoms with Gasteiger partial charge in [0, 0.05) is 6.54 Å². The SMILES string of the molecule is Cc1ccccc1CNS(=O)(=O)c1c(C)oc(C)c1C(=O)O. The maximum atomic E-state index is 12.4. The molecule has 0 saturated carbocycles. The number of hydrogen-bond acceptors (Lipinski definition) is 4. The number of aromatic carboxylic acids is 1. The highest BCUT2D eigenvalue weighted by atomic mass is 32.2. The monoisotopic (exact) mass is 323 g/mol. The van der Waals surface area contributed by atoms with Crippen molar-refractivity contribution in [3.05, 3.63) is 52.5 Å². The number of sulfonamides is 1. The predicted octanol–water partition coefficient (Wildman–Crippen LogP) is 2.38. The van der Waals surface area contributed by atoms with Gasteiger partial charge < -0.3 is 9.52 Å².